The van der Waals surface area contributed by atoms with Gasteiger partial charge in [-0.05, 0) is 68.4 Å². The van der Waals surface area contributed by atoms with Gasteiger partial charge in [0.1, 0.15) is 12.1 Å². The Balaban J connectivity index is 1.32. The first-order valence-electron chi connectivity index (χ1n) is 14.7. The summed E-state index contributed by atoms with van der Waals surface area (Å²) in [7, 11) is 0. The Morgan fingerprint density at radius 3 is 2.73 bits per heavy atom. The quantitative estimate of drug-likeness (QED) is 0.335. The van der Waals surface area contributed by atoms with Crippen LogP contribution < -0.4 is 9.80 Å². The zero-order valence-electron chi connectivity index (χ0n) is 23.8. The van der Waals surface area contributed by atoms with Gasteiger partial charge in [-0.2, -0.15) is 0 Å². The first-order valence-corrected chi connectivity index (χ1v) is 14.7. The van der Waals surface area contributed by atoms with Crippen molar-refractivity contribution in [1.82, 2.24) is 19.9 Å². The number of fused-ring (bicyclic) bond motifs is 2. The average molecular weight is 535 g/mol. The SMILES string of the molecule is Cc1ccc(C2CC2)cc1N1CCc2nc(-c3cccc4[nH]cc(C)c34)nc(N3CCN(CC=O)C[C@H]3C)c2C1. The second kappa shape index (κ2) is 10.0. The Bertz CT molecular complexity index is 1590. The Labute approximate surface area is 236 Å². The van der Waals surface area contributed by atoms with Gasteiger partial charge in [-0.25, -0.2) is 9.97 Å². The summed E-state index contributed by atoms with van der Waals surface area (Å²) < 4.78 is 0. The third-order valence-corrected chi connectivity index (χ3v) is 9.12. The van der Waals surface area contributed by atoms with Gasteiger partial charge in [0.05, 0.1) is 12.2 Å². The van der Waals surface area contributed by atoms with Crippen molar-refractivity contribution in [1.29, 1.82) is 0 Å². The molecule has 0 bridgehead atoms. The van der Waals surface area contributed by atoms with E-state index in [0.717, 1.165) is 74.1 Å². The van der Waals surface area contributed by atoms with Gasteiger partial charge >= 0.3 is 0 Å². The number of carbonyl (C=O) groups excluding carboxylic acids is 1. The van der Waals surface area contributed by atoms with Crippen LogP contribution in [0, 0.1) is 13.8 Å². The summed E-state index contributed by atoms with van der Waals surface area (Å²) in [6.45, 7) is 11.4. The summed E-state index contributed by atoms with van der Waals surface area (Å²) in [4.78, 5) is 32.5. The average Bonchev–Trinajstić information content (AvgIpc) is 3.75. The van der Waals surface area contributed by atoms with E-state index in [1.54, 1.807) is 0 Å². The summed E-state index contributed by atoms with van der Waals surface area (Å²) >= 11 is 0. The molecule has 2 fully saturated rings. The van der Waals surface area contributed by atoms with Crippen LogP contribution in [0.25, 0.3) is 22.3 Å². The minimum Gasteiger partial charge on any atom is -0.366 e. The van der Waals surface area contributed by atoms with E-state index in [4.69, 9.17) is 9.97 Å². The van der Waals surface area contributed by atoms with Crippen LogP contribution >= 0.6 is 0 Å². The van der Waals surface area contributed by atoms with E-state index in [0.29, 0.717) is 6.54 Å². The van der Waals surface area contributed by atoms with Gasteiger partial charge in [-0.1, -0.05) is 24.3 Å². The fraction of sp³-hybridized carbons (Fsp3) is 0.424. The number of H-pyrrole nitrogens is 1. The highest BCUT2D eigenvalue weighted by molar-refractivity contribution is 5.96. The molecule has 0 unspecified atom stereocenters. The molecule has 1 N–H and O–H groups in total. The lowest BCUT2D eigenvalue weighted by atomic mass is 9.99. The Morgan fingerprint density at radius 1 is 1.05 bits per heavy atom. The van der Waals surface area contributed by atoms with Gasteiger partial charge in [0.25, 0.3) is 0 Å². The van der Waals surface area contributed by atoms with E-state index in [2.05, 4.69) is 83.0 Å². The number of piperazine rings is 1. The molecule has 2 aliphatic heterocycles. The van der Waals surface area contributed by atoms with Crippen LogP contribution in [0.2, 0.25) is 0 Å². The number of anilines is 2. The number of nitrogens with one attached hydrogen (secondary N) is 1. The number of aryl methyl sites for hydroxylation is 2. The predicted octanol–water partition coefficient (Wildman–Crippen LogP) is 5.39. The molecule has 1 aliphatic carbocycles. The Hall–Kier alpha value is -3.71. The molecule has 0 spiro atoms. The summed E-state index contributed by atoms with van der Waals surface area (Å²) in [5.74, 6) is 2.61. The van der Waals surface area contributed by atoms with E-state index < -0.39 is 0 Å². The first kappa shape index (κ1) is 25.3. The lowest BCUT2D eigenvalue weighted by molar-refractivity contribution is -0.109. The molecule has 3 aliphatic rings. The first-order chi connectivity index (χ1) is 19.5. The van der Waals surface area contributed by atoms with Gasteiger partial charge < -0.3 is 19.6 Å². The molecule has 0 radical (unpaired) electrons. The van der Waals surface area contributed by atoms with Gasteiger partial charge in [0, 0.05) is 79.1 Å². The number of hydrogen-bond acceptors (Lipinski definition) is 6. The highest BCUT2D eigenvalue weighted by Crippen LogP contribution is 2.42. The molecule has 1 saturated carbocycles. The van der Waals surface area contributed by atoms with Gasteiger partial charge in [0.15, 0.2) is 5.82 Å². The maximum atomic E-state index is 11.2. The van der Waals surface area contributed by atoms with E-state index >= 15 is 0 Å². The number of benzene rings is 2. The summed E-state index contributed by atoms with van der Waals surface area (Å²) in [5, 5.41) is 1.20. The maximum Gasteiger partial charge on any atom is 0.162 e. The number of aromatic amines is 1. The number of aromatic nitrogens is 3. The van der Waals surface area contributed by atoms with Gasteiger partial charge in [0.2, 0.25) is 0 Å². The van der Waals surface area contributed by atoms with E-state index in [9.17, 15) is 4.79 Å². The van der Waals surface area contributed by atoms with Crippen molar-refractivity contribution >= 4 is 28.7 Å². The van der Waals surface area contributed by atoms with Crippen molar-refractivity contribution in [2.75, 3.05) is 42.5 Å². The molecule has 2 aromatic carbocycles. The molecule has 4 aromatic rings. The molecule has 206 valence electrons. The zero-order valence-corrected chi connectivity index (χ0v) is 23.8. The van der Waals surface area contributed by atoms with Crippen LogP contribution in [0.3, 0.4) is 0 Å². The van der Waals surface area contributed by atoms with Crippen molar-refractivity contribution in [3.05, 3.63) is 70.5 Å². The fourth-order valence-corrected chi connectivity index (χ4v) is 6.76. The molecule has 7 rings (SSSR count). The van der Waals surface area contributed by atoms with Crippen molar-refractivity contribution < 1.29 is 4.79 Å². The Kier molecular flexibility index (Phi) is 6.34. The van der Waals surface area contributed by atoms with Crippen molar-refractivity contribution in [3.63, 3.8) is 0 Å². The lowest BCUT2D eigenvalue weighted by Crippen LogP contribution is -2.53. The number of rotatable bonds is 6. The lowest BCUT2D eigenvalue weighted by Gasteiger charge is -2.42. The second-order valence-electron chi connectivity index (χ2n) is 12.0. The summed E-state index contributed by atoms with van der Waals surface area (Å²) in [5.41, 5.74) is 9.99. The number of nitrogens with zero attached hydrogens (tertiary/aromatic N) is 5. The van der Waals surface area contributed by atoms with Crippen molar-refractivity contribution in [3.8, 4) is 11.4 Å². The second-order valence-corrected chi connectivity index (χ2v) is 12.0. The number of aldehydes is 1. The van der Waals surface area contributed by atoms with Crippen molar-refractivity contribution in [2.24, 2.45) is 0 Å². The van der Waals surface area contributed by atoms with Gasteiger partial charge in [-0.15, -0.1) is 0 Å². The predicted molar refractivity (Wildman–Crippen MR) is 161 cm³/mol. The molecule has 40 heavy (non-hydrogen) atoms. The molecular weight excluding hydrogens is 496 g/mol. The largest absolute Gasteiger partial charge is 0.366 e. The minimum absolute atomic E-state index is 0.251. The summed E-state index contributed by atoms with van der Waals surface area (Å²) in [6.07, 6.45) is 6.61. The highest BCUT2D eigenvalue weighted by Gasteiger charge is 2.32. The third-order valence-electron chi connectivity index (χ3n) is 9.12. The number of hydrogen-bond donors (Lipinski definition) is 1. The molecule has 0 amide bonds. The zero-order chi connectivity index (χ0) is 27.4. The molecule has 2 aromatic heterocycles. The topological polar surface area (TPSA) is 68.4 Å². The summed E-state index contributed by atoms with van der Waals surface area (Å²) in [6, 6.07) is 13.7. The monoisotopic (exact) mass is 534 g/mol. The van der Waals surface area contributed by atoms with Crippen LogP contribution in [-0.2, 0) is 17.8 Å². The standard InChI is InChI=1S/C33H38N6O/c1-21-7-8-25(24-9-10-24)17-30(21)38-12-11-28-27(20-38)33(39-14-13-37(15-16-40)19-23(39)3)36-32(35-28)26-5-4-6-29-31(26)22(2)18-34-29/h4-8,16-18,23-24,34H,9-15,19-20H2,1-3H3/t23-/m1/s1. The Morgan fingerprint density at radius 2 is 1.93 bits per heavy atom. The normalized spacial score (nSPS) is 19.7. The van der Waals surface area contributed by atoms with Crippen LogP contribution in [-0.4, -0.2) is 64.9 Å². The third kappa shape index (κ3) is 4.46. The van der Waals surface area contributed by atoms with Crippen LogP contribution in [0.15, 0.2) is 42.6 Å². The molecule has 4 heterocycles. The van der Waals surface area contributed by atoms with E-state index in [1.165, 1.54) is 51.9 Å². The van der Waals surface area contributed by atoms with Crippen LogP contribution in [0.4, 0.5) is 11.5 Å². The molecular formula is C33H38N6O. The fourth-order valence-electron chi connectivity index (χ4n) is 6.76. The van der Waals surface area contributed by atoms with E-state index in [1.807, 2.05) is 0 Å². The molecule has 7 heteroatoms. The minimum atomic E-state index is 0.251. The maximum absolute atomic E-state index is 11.2. The number of carbonyl (C=O) groups is 1. The van der Waals surface area contributed by atoms with Crippen LogP contribution in [0.5, 0.6) is 0 Å². The van der Waals surface area contributed by atoms with Crippen molar-refractivity contribution in [2.45, 2.75) is 58.5 Å². The highest BCUT2D eigenvalue weighted by atomic mass is 16.1. The molecule has 7 nitrogen and oxygen atoms in total. The molecule has 1 atom stereocenters. The smallest absolute Gasteiger partial charge is 0.162 e. The van der Waals surface area contributed by atoms with E-state index in [-0.39, 0.29) is 6.04 Å². The van der Waals surface area contributed by atoms with Crippen LogP contribution in [0.1, 0.15) is 53.6 Å². The van der Waals surface area contributed by atoms with Gasteiger partial charge in [-0.3, -0.25) is 4.90 Å². The molecule has 1 saturated heterocycles.